The lowest BCUT2D eigenvalue weighted by Gasteiger charge is -2.25. The zero-order chi connectivity index (χ0) is 21.3. The summed E-state index contributed by atoms with van der Waals surface area (Å²) in [5, 5.41) is 5.76. The van der Waals surface area contributed by atoms with E-state index in [1.165, 1.54) is 17.7 Å². The van der Waals surface area contributed by atoms with Crippen LogP contribution in [0, 0.1) is 13.8 Å². The normalized spacial score (nSPS) is 11.3. The van der Waals surface area contributed by atoms with Crippen LogP contribution < -0.4 is 10.5 Å². The molecule has 0 atom stereocenters. The summed E-state index contributed by atoms with van der Waals surface area (Å²) in [7, 11) is 0. The molecule has 7 nitrogen and oxygen atoms in total. The third-order valence-electron chi connectivity index (χ3n) is 5.08. The molecule has 0 N–H and O–H groups in total. The molecule has 0 unspecified atom stereocenters. The number of anilines is 1. The van der Waals surface area contributed by atoms with Crippen LogP contribution in [-0.2, 0) is 0 Å². The van der Waals surface area contributed by atoms with E-state index in [1.807, 2.05) is 38.1 Å². The Morgan fingerprint density at radius 1 is 1.13 bits per heavy atom. The van der Waals surface area contributed by atoms with Gasteiger partial charge in [0.15, 0.2) is 0 Å². The van der Waals surface area contributed by atoms with Gasteiger partial charge < -0.3 is 4.90 Å². The van der Waals surface area contributed by atoms with Gasteiger partial charge in [-0.3, -0.25) is 4.79 Å². The molecule has 3 heterocycles. The van der Waals surface area contributed by atoms with E-state index in [1.54, 1.807) is 15.6 Å². The molecule has 156 valence electrons. The first-order valence-corrected chi connectivity index (χ1v) is 11.1. The molecule has 0 aliphatic carbocycles. The standard InChI is InChI=1S/C22H26N6OS/c1-5-10-26(11-6-2)22-25-19-18(16(4)21(30-19)27-14-23-13-24-27)20(29)28(22)17-9-7-8-15(3)12-17/h7-9,12-14H,5-6,10-11H2,1-4H3. The Hall–Kier alpha value is -3.00. The zero-order valence-electron chi connectivity index (χ0n) is 17.8. The second kappa shape index (κ2) is 8.39. The molecule has 0 saturated heterocycles. The number of benzene rings is 1. The van der Waals surface area contributed by atoms with E-state index in [9.17, 15) is 4.79 Å². The zero-order valence-corrected chi connectivity index (χ0v) is 18.6. The van der Waals surface area contributed by atoms with Crippen molar-refractivity contribution in [2.75, 3.05) is 18.0 Å². The SMILES string of the molecule is CCCN(CCC)c1nc2sc(-n3cncn3)c(C)c2c(=O)n1-c1cccc(C)c1. The first-order chi connectivity index (χ1) is 14.5. The minimum absolute atomic E-state index is 0.0436. The summed E-state index contributed by atoms with van der Waals surface area (Å²) in [5.41, 5.74) is 2.78. The second-order valence-corrected chi connectivity index (χ2v) is 8.41. The number of aromatic nitrogens is 5. The van der Waals surface area contributed by atoms with Crippen molar-refractivity contribution in [1.82, 2.24) is 24.3 Å². The van der Waals surface area contributed by atoms with Crippen LogP contribution in [0.25, 0.3) is 20.9 Å². The Kier molecular flexibility index (Phi) is 5.67. The van der Waals surface area contributed by atoms with Gasteiger partial charge >= 0.3 is 0 Å². The maximum atomic E-state index is 13.8. The fourth-order valence-corrected chi connectivity index (χ4v) is 4.85. The highest BCUT2D eigenvalue weighted by Gasteiger charge is 2.22. The smallest absolute Gasteiger partial charge is 0.268 e. The largest absolute Gasteiger partial charge is 0.342 e. The molecular formula is C22H26N6OS. The summed E-state index contributed by atoms with van der Waals surface area (Å²) in [5.74, 6) is 0.702. The van der Waals surface area contributed by atoms with Crippen LogP contribution in [-0.4, -0.2) is 37.4 Å². The third kappa shape index (κ3) is 3.52. The number of hydrogen-bond donors (Lipinski definition) is 0. The first-order valence-electron chi connectivity index (χ1n) is 10.3. The van der Waals surface area contributed by atoms with Crippen molar-refractivity contribution in [3.63, 3.8) is 0 Å². The maximum absolute atomic E-state index is 13.8. The minimum atomic E-state index is -0.0436. The van der Waals surface area contributed by atoms with Gasteiger partial charge in [-0.15, -0.1) is 0 Å². The lowest BCUT2D eigenvalue weighted by atomic mass is 10.2. The Balaban J connectivity index is 2.05. The fourth-order valence-electron chi connectivity index (χ4n) is 3.76. The number of aryl methyl sites for hydroxylation is 2. The number of hydrogen-bond acceptors (Lipinski definition) is 6. The van der Waals surface area contributed by atoms with E-state index in [-0.39, 0.29) is 5.56 Å². The van der Waals surface area contributed by atoms with Crippen molar-refractivity contribution in [2.45, 2.75) is 40.5 Å². The van der Waals surface area contributed by atoms with Crippen molar-refractivity contribution in [2.24, 2.45) is 0 Å². The van der Waals surface area contributed by atoms with Crippen LogP contribution >= 0.6 is 11.3 Å². The minimum Gasteiger partial charge on any atom is -0.342 e. The van der Waals surface area contributed by atoms with Crippen molar-refractivity contribution in [3.8, 4) is 10.7 Å². The molecular weight excluding hydrogens is 396 g/mol. The average molecular weight is 423 g/mol. The van der Waals surface area contributed by atoms with E-state index in [4.69, 9.17) is 4.98 Å². The van der Waals surface area contributed by atoms with E-state index in [0.29, 0.717) is 11.3 Å². The number of thiophene rings is 1. The predicted molar refractivity (Wildman–Crippen MR) is 122 cm³/mol. The molecule has 0 aliphatic rings. The summed E-state index contributed by atoms with van der Waals surface area (Å²) in [6.07, 6.45) is 5.11. The molecule has 8 heteroatoms. The van der Waals surface area contributed by atoms with Crippen molar-refractivity contribution in [1.29, 1.82) is 0 Å². The van der Waals surface area contributed by atoms with Gasteiger partial charge in [-0.25, -0.2) is 19.2 Å². The van der Waals surface area contributed by atoms with Gasteiger partial charge in [-0.2, -0.15) is 5.10 Å². The lowest BCUT2D eigenvalue weighted by Crippen LogP contribution is -2.33. The molecule has 3 aromatic heterocycles. The molecule has 0 bridgehead atoms. The van der Waals surface area contributed by atoms with Gasteiger partial charge in [0.2, 0.25) is 5.95 Å². The van der Waals surface area contributed by atoms with Crippen LogP contribution in [0.15, 0.2) is 41.7 Å². The van der Waals surface area contributed by atoms with Gasteiger partial charge in [-0.05, 0) is 44.4 Å². The molecule has 0 spiro atoms. The maximum Gasteiger partial charge on any atom is 0.268 e. The van der Waals surface area contributed by atoms with Gasteiger partial charge in [0.05, 0.1) is 11.1 Å². The Bertz CT molecular complexity index is 1220. The first kappa shape index (κ1) is 20.3. The van der Waals surface area contributed by atoms with Crippen LogP contribution in [0.4, 0.5) is 5.95 Å². The summed E-state index contributed by atoms with van der Waals surface area (Å²) in [6, 6.07) is 8.03. The van der Waals surface area contributed by atoms with E-state index in [2.05, 4.69) is 28.8 Å². The number of rotatable bonds is 7. The average Bonchev–Trinajstić information content (AvgIpc) is 3.36. The molecule has 0 radical (unpaired) electrons. The molecule has 0 fully saturated rings. The van der Waals surface area contributed by atoms with E-state index < -0.39 is 0 Å². The Morgan fingerprint density at radius 2 is 1.90 bits per heavy atom. The Morgan fingerprint density at radius 3 is 2.53 bits per heavy atom. The summed E-state index contributed by atoms with van der Waals surface area (Å²) >= 11 is 1.48. The molecule has 0 aliphatic heterocycles. The highest BCUT2D eigenvalue weighted by molar-refractivity contribution is 7.21. The predicted octanol–water partition coefficient (Wildman–Crippen LogP) is 4.27. The molecule has 0 saturated carbocycles. The van der Waals surface area contributed by atoms with Crippen molar-refractivity contribution in [3.05, 3.63) is 58.4 Å². The molecule has 0 amide bonds. The summed E-state index contributed by atoms with van der Waals surface area (Å²) < 4.78 is 3.47. The van der Waals surface area contributed by atoms with Gasteiger partial charge in [0.1, 0.15) is 22.5 Å². The highest BCUT2D eigenvalue weighted by atomic mass is 32.1. The van der Waals surface area contributed by atoms with Crippen molar-refractivity contribution >= 4 is 27.5 Å². The van der Waals surface area contributed by atoms with Crippen LogP contribution in [0.3, 0.4) is 0 Å². The van der Waals surface area contributed by atoms with Crippen molar-refractivity contribution < 1.29 is 0 Å². The van der Waals surface area contributed by atoms with Crippen LogP contribution in [0.1, 0.15) is 37.8 Å². The number of nitrogens with zero attached hydrogens (tertiary/aromatic N) is 6. The van der Waals surface area contributed by atoms with Gasteiger partial charge in [0, 0.05) is 18.7 Å². The summed E-state index contributed by atoms with van der Waals surface area (Å²) in [4.78, 5) is 25.9. The number of fused-ring (bicyclic) bond motifs is 1. The lowest BCUT2D eigenvalue weighted by molar-refractivity contribution is 0.705. The monoisotopic (exact) mass is 422 g/mol. The van der Waals surface area contributed by atoms with Crippen LogP contribution in [0.5, 0.6) is 0 Å². The van der Waals surface area contributed by atoms with Gasteiger partial charge in [-0.1, -0.05) is 37.3 Å². The van der Waals surface area contributed by atoms with E-state index >= 15 is 0 Å². The van der Waals surface area contributed by atoms with E-state index in [0.717, 1.165) is 52.6 Å². The third-order valence-corrected chi connectivity index (χ3v) is 6.25. The molecule has 1 aromatic carbocycles. The fraction of sp³-hybridized carbons (Fsp3) is 0.364. The summed E-state index contributed by atoms with van der Waals surface area (Å²) in [6.45, 7) is 9.97. The molecule has 4 aromatic rings. The molecule has 4 rings (SSSR count). The highest BCUT2D eigenvalue weighted by Crippen LogP contribution is 2.32. The van der Waals surface area contributed by atoms with Gasteiger partial charge in [0.25, 0.3) is 5.56 Å². The molecule has 30 heavy (non-hydrogen) atoms. The van der Waals surface area contributed by atoms with Crippen LogP contribution in [0.2, 0.25) is 0 Å². The Labute approximate surface area is 179 Å². The quantitative estimate of drug-likeness (QED) is 0.445. The topological polar surface area (TPSA) is 68.8 Å². The second-order valence-electron chi connectivity index (χ2n) is 7.43.